The van der Waals surface area contributed by atoms with Gasteiger partial charge in [-0.15, -0.1) is 6.58 Å². The molecule has 0 aliphatic heterocycles. The summed E-state index contributed by atoms with van der Waals surface area (Å²) < 4.78 is 15.2. The molecule has 0 saturated carbocycles. The number of benzene rings is 1. The van der Waals surface area contributed by atoms with Crippen molar-refractivity contribution in [3.63, 3.8) is 0 Å². The van der Waals surface area contributed by atoms with Gasteiger partial charge in [0.2, 0.25) is 0 Å². The van der Waals surface area contributed by atoms with Gasteiger partial charge in [0.15, 0.2) is 0 Å². The Kier molecular flexibility index (Phi) is 5.36. The minimum Gasteiger partial charge on any atom is -0.242 e. The Morgan fingerprint density at radius 2 is 2.00 bits per heavy atom. The third-order valence-corrected chi connectivity index (χ3v) is 4.87. The van der Waals surface area contributed by atoms with Crippen LogP contribution in [-0.4, -0.2) is 8.96 Å². The average molecular weight is 300 g/mol. The van der Waals surface area contributed by atoms with Crippen molar-refractivity contribution in [1.82, 2.24) is 4.72 Å². The van der Waals surface area contributed by atoms with E-state index in [1.165, 1.54) is 0 Å². The molecule has 0 bridgehead atoms. The molecule has 1 aromatic carbocycles. The maximum Gasteiger partial charge on any atom is 0.0978 e. The average Bonchev–Trinajstić information content (AvgIpc) is 2.28. The molecule has 0 aliphatic carbocycles. The van der Waals surface area contributed by atoms with Gasteiger partial charge in [-0.1, -0.05) is 29.8 Å². The number of hydrogen-bond donors (Lipinski definition) is 1. The van der Waals surface area contributed by atoms with Crippen LogP contribution in [0.15, 0.2) is 36.9 Å². The highest BCUT2D eigenvalue weighted by atomic mass is 35.5. The largest absolute Gasteiger partial charge is 0.242 e. The van der Waals surface area contributed by atoms with E-state index >= 15 is 0 Å². The van der Waals surface area contributed by atoms with Gasteiger partial charge in [0.1, 0.15) is 0 Å². The molecule has 19 heavy (non-hydrogen) atoms. The van der Waals surface area contributed by atoms with Crippen LogP contribution in [-0.2, 0) is 16.5 Å². The highest BCUT2D eigenvalue weighted by molar-refractivity contribution is 7.84. The highest BCUT2D eigenvalue weighted by Gasteiger charge is 2.31. The lowest BCUT2D eigenvalue weighted by atomic mass is 9.90. The zero-order chi connectivity index (χ0) is 14.7. The molecule has 1 aromatic rings. The van der Waals surface area contributed by atoms with E-state index in [1.54, 1.807) is 0 Å². The number of nitrogens with one attached hydrogen (secondary N) is 1. The van der Waals surface area contributed by atoms with Gasteiger partial charge in [0.05, 0.1) is 21.3 Å². The summed E-state index contributed by atoms with van der Waals surface area (Å²) in [7, 11) is -1.16. The quantitative estimate of drug-likeness (QED) is 0.812. The van der Waals surface area contributed by atoms with Crippen molar-refractivity contribution in [3.05, 3.63) is 47.5 Å². The van der Waals surface area contributed by atoms with E-state index in [0.29, 0.717) is 11.4 Å². The Hall–Kier alpha value is -0.640. The van der Waals surface area contributed by atoms with Gasteiger partial charge in [-0.3, -0.25) is 0 Å². The molecular formula is C15H22ClNOS. The zero-order valence-electron chi connectivity index (χ0n) is 12.0. The van der Waals surface area contributed by atoms with Crippen LogP contribution >= 0.6 is 11.6 Å². The third-order valence-electron chi connectivity index (χ3n) is 2.89. The van der Waals surface area contributed by atoms with Crippen LogP contribution in [0.5, 0.6) is 0 Å². The number of halogens is 1. The van der Waals surface area contributed by atoms with Crippen LogP contribution in [0.1, 0.15) is 39.7 Å². The number of rotatable bonds is 5. The minimum absolute atomic E-state index is 0.318. The van der Waals surface area contributed by atoms with Crippen LogP contribution in [0.3, 0.4) is 0 Å². The molecule has 0 saturated heterocycles. The summed E-state index contributed by atoms with van der Waals surface area (Å²) in [5.41, 5.74) is 0.572. The fourth-order valence-electron chi connectivity index (χ4n) is 1.70. The SMILES string of the molecule is C=CC[C@](C)(N[S@](=O)C(C)(C)C)c1cccc(Cl)c1. The first-order valence-corrected chi connectivity index (χ1v) is 7.78. The first-order valence-electron chi connectivity index (χ1n) is 6.26. The highest BCUT2D eigenvalue weighted by Crippen LogP contribution is 2.29. The molecule has 0 fully saturated rings. The molecule has 4 heteroatoms. The molecule has 1 N–H and O–H groups in total. The number of hydrogen-bond acceptors (Lipinski definition) is 1. The Labute approximate surface area is 123 Å². The molecular weight excluding hydrogens is 278 g/mol. The lowest BCUT2D eigenvalue weighted by Crippen LogP contribution is -2.45. The summed E-state index contributed by atoms with van der Waals surface area (Å²) in [6.07, 6.45) is 2.50. The standard InChI is InChI=1S/C15H22ClNOS/c1-6-10-15(5,17-19(18)14(2,3)4)12-8-7-9-13(16)11-12/h6-9,11,17H,1,10H2,2-5H3/t15-,19+/m0/s1. The van der Waals surface area contributed by atoms with Crippen molar-refractivity contribution in [2.75, 3.05) is 0 Å². The summed E-state index contributed by atoms with van der Waals surface area (Å²) in [6, 6.07) is 7.63. The molecule has 0 aliphatic rings. The molecule has 2 atom stereocenters. The van der Waals surface area contributed by atoms with Gasteiger partial charge >= 0.3 is 0 Å². The molecule has 106 valence electrons. The lowest BCUT2D eigenvalue weighted by molar-refractivity contribution is 0.446. The first kappa shape index (κ1) is 16.4. The lowest BCUT2D eigenvalue weighted by Gasteiger charge is -2.33. The van der Waals surface area contributed by atoms with E-state index in [2.05, 4.69) is 11.3 Å². The summed E-state index contributed by atoms with van der Waals surface area (Å²) in [6.45, 7) is 11.6. The molecule has 2 nitrogen and oxygen atoms in total. The molecule has 0 heterocycles. The topological polar surface area (TPSA) is 29.1 Å². The smallest absolute Gasteiger partial charge is 0.0978 e. The molecule has 1 rings (SSSR count). The Balaban J connectivity index is 3.10. The van der Waals surface area contributed by atoms with Gasteiger partial charge in [-0.2, -0.15) is 0 Å². The maximum absolute atomic E-state index is 12.3. The van der Waals surface area contributed by atoms with Crippen LogP contribution in [0.2, 0.25) is 5.02 Å². The van der Waals surface area contributed by atoms with Crippen molar-refractivity contribution in [2.45, 2.75) is 44.4 Å². The Morgan fingerprint density at radius 1 is 1.37 bits per heavy atom. The summed E-state index contributed by atoms with van der Waals surface area (Å²) in [4.78, 5) is 0. The second-order valence-corrected chi connectivity index (χ2v) is 8.22. The molecule has 0 spiro atoms. The van der Waals surface area contributed by atoms with E-state index in [1.807, 2.05) is 58.0 Å². The molecule has 0 unspecified atom stereocenters. The van der Waals surface area contributed by atoms with Crippen LogP contribution in [0.4, 0.5) is 0 Å². The second-order valence-electron chi connectivity index (χ2n) is 5.82. The van der Waals surface area contributed by atoms with Gasteiger partial charge in [-0.05, 0) is 51.8 Å². The van der Waals surface area contributed by atoms with Crippen molar-refractivity contribution in [2.24, 2.45) is 0 Å². The predicted octanol–water partition coefficient (Wildman–Crippen LogP) is 4.18. The van der Waals surface area contributed by atoms with Gasteiger partial charge in [-0.25, -0.2) is 8.93 Å². The molecule has 0 aromatic heterocycles. The normalized spacial score (nSPS) is 16.7. The van der Waals surface area contributed by atoms with Gasteiger partial charge in [0.25, 0.3) is 0 Å². The third kappa shape index (κ3) is 4.44. The summed E-state index contributed by atoms with van der Waals surface area (Å²) >= 11 is 6.05. The van der Waals surface area contributed by atoms with Crippen LogP contribution < -0.4 is 4.72 Å². The molecule has 0 amide bonds. The van der Waals surface area contributed by atoms with Crippen LogP contribution in [0.25, 0.3) is 0 Å². The first-order chi connectivity index (χ1) is 8.69. The Morgan fingerprint density at radius 3 is 2.47 bits per heavy atom. The van der Waals surface area contributed by atoms with E-state index < -0.39 is 16.5 Å². The van der Waals surface area contributed by atoms with E-state index in [0.717, 1.165) is 5.56 Å². The fourth-order valence-corrected chi connectivity index (χ4v) is 2.80. The maximum atomic E-state index is 12.3. The fraction of sp³-hybridized carbons (Fsp3) is 0.467. The summed E-state index contributed by atoms with van der Waals surface area (Å²) in [5.74, 6) is 0. The van der Waals surface area contributed by atoms with E-state index in [4.69, 9.17) is 11.6 Å². The van der Waals surface area contributed by atoms with Gasteiger partial charge in [0, 0.05) is 5.02 Å². The molecule has 0 radical (unpaired) electrons. The minimum atomic E-state index is -1.16. The van der Waals surface area contributed by atoms with Gasteiger partial charge < -0.3 is 0 Å². The monoisotopic (exact) mass is 299 g/mol. The Bertz CT molecular complexity index is 481. The summed E-state index contributed by atoms with van der Waals surface area (Å²) in [5, 5.41) is 0.677. The van der Waals surface area contributed by atoms with Crippen molar-refractivity contribution >= 4 is 22.6 Å². The van der Waals surface area contributed by atoms with Crippen molar-refractivity contribution in [1.29, 1.82) is 0 Å². The predicted molar refractivity (Wildman–Crippen MR) is 84.6 cm³/mol. The van der Waals surface area contributed by atoms with E-state index in [-0.39, 0.29) is 4.75 Å². The second kappa shape index (κ2) is 6.21. The van der Waals surface area contributed by atoms with Crippen molar-refractivity contribution < 1.29 is 4.21 Å². The zero-order valence-corrected chi connectivity index (χ0v) is 13.6. The van der Waals surface area contributed by atoms with E-state index in [9.17, 15) is 4.21 Å². The van der Waals surface area contributed by atoms with Crippen molar-refractivity contribution in [3.8, 4) is 0 Å². The van der Waals surface area contributed by atoms with Crippen LogP contribution in [0, 0.1) is 0 Å².